The molecule has 0 atom stereocenters. The predicted molar refractivity (Wildman–Crippen MR) is 78.4 cm³/mol. The van der Waals surface area contributed by atoms with Crippen molar-refractivity contribution in [2.24, 2.45) is 0 Å². The van der Waals surface area contributed by atoms with E-state index >= 15 is 0 Å². The van der Waals surface area contributed by atoms with Crippen LogP contribution in [0.3, 0.4) is 0 Å². The molecule has 1 aromatic carbocycles. The van der Waals surface area contributed by atoms with Gasteiger partial charge in [-0.3, -0.25) is 14.9 Å². The SMILES string of the molecule is O=C(Nc1ncc(Br)nc1Br)c1ccc(F)c([N+](=O)[O-])c1. The quantitative estimate of drug-likeness (QED) is 0.607. The molecule has 1 heterocycles. The van der Waals surface area contributed by atoms with E-state index in [1.54, 1.807) is 0 Å². The van der Waals surface area contributed by atoms with Gasteiger partial charge >= 0.3 is 5.69 Å². The van der Waals surface area contributed by atoms with E-state index in [0.29, 0.717) is 4.60 Å². The molecule has 0 spiro atoms. The lowest BCUT2D eigenvalue weighted by atomic mass is 10.2. The van der Waals surface area contributed by atoms with Crippen LogP contribution in [-0.2, 0) is 0 Å². The molecule has 1 amide bonds. The lowest BCUT2D eigenvalue weighted by Crippen LogP contribution is -2.14. The van der Waals surface area contributed by atoms with E-state index in [0.717, 1.165) is 18.2 Å². The first-order valence-corrected chi connectivity index (χ1v) is 6.90. The first kappa shape index (κ1) is 15.4. The normalized spacial score (nSPS) is 10.2. The zero-order chi connectivity index (χ0) is 15.6. The molecule has 0 radical (unpaired) electrons. The maximum absolute atomic E-state index is 13.2. The summed E-state index contributed by atoms with van der Waals surface area (Å²) >= 11 is 6.22. The van der Waals surface area contributed by atoms with Gasteiger partial charge < -0.3 is 5.32 Å². The van der Waals surface area contributed by atoms with Crippen LogP contribution in [0, 0.1) is 15.9 Å². The first-order valence-electron chi connectivity index (χ1n) is 5.32. The number of benzene rings is 1. The molecule has 10 heteroatoms. The zero-order valence-electron chi connectivity index (χ0n) is 10.0. The van der Waals surface area contributed by atoms with E-state index in [4.69, 9.17) is 0 Å². The summed E-state index contributed by atoms with van der Waals surface area (Å²) in [7, 11) is 0. The van der Waals surface area contributed by atoms with Crippen LogP contribution in [0.5, 0.6) is 0 Å². The summed E-state index contributed by atoms with van der Waals surface area (Å²) in [6, 6.07) is 2.85. The highest BCUT2D eigenvalue weighted by atomic mass is 79.9. The van der Waals surface area contributed by atoms with Crippen molar-refractivity contribution >= 4 is 49.3 Å². The number of halogens is 3. The van der Waals surface area contributed by atoms with Crippen LogP contribution in [0.25, 0.3) is 0 Å². The molecule has 0 bridgehead atoms. The van der Waals surface area contributed by atoms with Crippen LogP contribution >= 0.6 is 31.9 Å². The second kappa shape index (κ2) is 6.22. The van der Waals surface area contributed by atoms with E-state index in [-0.39, 0.29) is 16.0 Å². The number of nitrogens with zero attached hydrogens (tertiary/aromatic N) is 3. The summed E-state index contributed by atoms with van der Waals surface area (Å²) in [5, 5.41) is 13.1. The number of nitrogens with one attached hydrogen (secondary N) is 1. The molecule has 0 aliphatic rings. The minimum Gasteiger partial charge on any atom is -0.304 e. The average Bonchev–Trinajstić information content (AvgIpc) is 2.42. The van der Waals surface area contributed by atoms with Crippen molar-refractivity contribution in [1.82, 2.24) is 9.97 Å². The zero-order valence-corrected chi connectivity index (χ0v) is 13.2. The number of anilines is 1. The lowest BCUT2D eigenvalue weighted by Gasteiger charge is -2.06. The number of carbonyl (C=O) groups excluding carboxylic acids is 1. The number of amides is 1. The first-order chi connectivity index (χ1) is 9.88. The molecule has 0 saturated carbocycles. The third-order valence-electron chi connectivity index (χ3n) is 2.34. The fourth-order valence-electron chi connectivity index (χ4n) is 1.40. The maximum Gasteiger partial charge on any atom is 0.305 e. The molecule has 0 fully saturated rings. The Balaban J connectivity index is 2.28. The van der Waals surface area contributed by atoms with Crippen molar-refractivity contribution in [3.63, 3.8) is 0 Å². The second-order valence-electron chi connectivity index (χ2n) is 3.71. The maximum atomic E-state index is 13.2. The van der Waals surface area contributed by atoms with Crippen LogP contribution in [0.4, 0.5) is 15.9 Å². The van der Waals surface area contributed by atoms with Gasteiger partial charge in [-0.25, -0.2) is 9.97 Å². The third kappa shape index (κ3) is 3.58. The van der Waals surface area contributed by atoms with Crippen molar-refractivity contribution < 1.29 is 14.1 Å². The molecule has 108 valence electrons. The molecular weight excluding hydrogens is 415 g/mol. The summed E-state index contributed by atoms with van der Waals surface area (Å²) in [6.45, 7) is 0. The Morgan fingerprint density at radius 1 is 1.38 bits per heavy atom. The van der Waals surface area contributed by atoms with Gasteiger partial charge in [-0.1, -0.05) is 0 Å². The van der Waals surface area contributed by atoms with E-state index < -0.39 is 22.3 Å². The summed E-state index contributed by atoms with van der Waals surface area (Å²) in [6.07, 6.45) is 1.37. The van der Waals surface area contributed by atoms with Crippen molar-refractivity contribution in [2.45, 2.75) is 0 Å². The van der Waals surface area contributed by atoms with E-state index in [9.17, 15) is 19.3 Å². The van der Waals surface area contributed by atoms with Gasteiger partial charge in [0, 0.05) is 11.6 Å². The largest absolute Gasteiger partial charge is 0.305 e. The topological polar surface area (TPSA) is 98.0 Å². The van der Waals surface area contributed by atoms with Gasteiger partial charge in [0.25, 0.3) is 5.91 Å². The Labute approximate surface area is 134 Å². The van der Waals surface area contributed by atoms with Crippen LogP contribution in [-0.4, -0.2) is 20.8 Å². The molecule has 2 rings (SSSR count). The Morgan fingerprint density at radius 2 is 2.10 bits per heavy atom. The third-order valence-corrected chi connectivity index (χ3v) is 3.27. The highest BCUT2D eigenvalue weighted by Crippen LogP contribution is 2.22. The molecule has 0 aliphatic heterocycles. The highest BCUT2D eigenvalue weighted by molar-refractivity contribution is 9.11. The van der Waals surface area contributed by atoms with Crippen molar-refractivity contribution in [2.75, 3.05) is 5.32 Å². The molecule has 21 heavy (non-hydrogen) atoms. The lowest BCUT2D eigenvalue weighted by molar-refractivity contribution is -0.387. The summed E-state index contributed by atoms with van der Waals surface area (Å²) in [4.78, 5) is 29.6. The van der Waals surface area contributed by atoms with Crippen LogP contribution in [0.15, 0.2) is 33.6 Å². The Morgan fingerprint density at radius 3 is 2.71 bits per heavy atom. The van der Waals surface area contributed by atoms with Crippen molar-refractivity contribution in [3.8, 4) is 0 Å². The molecule has 7 nitrogen and oxygen atoms in total. The molecule has 1 N–H and O–H groups in total. The van der Waals surface area contributed by atoms with Crippen LogP contribution < -0.4 is 5.32 Å². The molecular formula is C11H5Br2FN4O3. The summed E-state index contributed by atoms with van der Waals surface area (Å²) in [5.74, 6) is -1.55. The molecule has 0 unspecified atom stereocenters. The van der Waals surface area contributed by atoms with Crippen molar-refractivity contribution in [3.05, 3.63) is 55.1 Å². The van der Waals surface area contributed by atoms with Crippen LogP contribution in [0.1, 0.15) is 10.4 Å². The van der Waals surface area contributed by atoms with Gasteiger partial charge in [-0.15, -0.1) is 0 Å². The number of hydrogen-bond donors (Lipinski definition) is 1. The second-order valence-corrected chi connectivity index (χ2v) is 5.27. The van der Waals surface area contributed by atoms with Gasteiger partial charge in [0.1, 0.15) is 9.21 Å². The monoisotopic (exact) mass is 418 g/mol. The predicted octanol–water partition coefficient (Wildman–Crippen LogP) is 3.30. The minimum absolute atomic E-state index is 0.0697. The summed E-state index contributed by atoms with van der Waals surface area (Å²) in [5.41, 5.74) is -0.844. The fourth-order valence-corrected chi connectivity index (χ4v) is 2.31. The number of carbonyl (C=O) groups is 1. The van der Waals surface area contributed by atoms with Gasteiger partial charge in [-0.2, -0.15) is 4.39 Å². The Hall–Kier alpha value is -1.94. The number of nitro groups is 1. The van der Waals surface area contributed by atoms with E-state index in [1.807, 2.05) is 0 Å². The van der Waals surface area contributed by atoms with Crippen molar-refractivity contribution in [1.29, 1.82) is 0 Å². The molecule has 1 aromatic heterocycles. The number of rotatable bonds is 3. The Kier molecular flexibility index (Phi) is 4.58. The smallest absolute Gasteiger partial charge is 0.304 e. The summed E-state index contributed by atoms with van der Waals surface area (Å²) < 4.78 is 14.0. The van der Waals surface area contributed by atoms with E-state index in [2.05, 4.69) is 47.1 Å². The highest BCUT2D eigenvalue weighted by Gasteiger charge is 2.18. The van der Waals surface area contributed by atoms with Gasteiger partial charge in [0.15, 0.2) is 5.82 Å². The standard InChI is InChI=1S/C11H5Br2FN4O3/c12-8-4-15-10(9(13)16-8)17-11(19)5-1-2-6(14)7(3-5)18(20)21/h1-4H,(H,15,17,19). The number of aromatic nitrogens is 2. The van der Waals surface area contributed by atoms with Gasteiger partial charge in [0.05, 0.1) is 11.1 Å². The van der Waals surface area contributed by atoms with E-state index in [1.165, 1.54) is 6.20 Å². The molecule has 0 aliphatic carbocycles. The van der Waals surface area contributed by atoms with Gasteiger partial charge in [-0.05, 0) is 44.0 Å². The van der Waals surface area contributed by atoms with Crippen LogP contribution in [0.2, 0.25) is 0 Å². The fraction of sp³-hybridized carbons (Fsp3) is 0. The molecule has 0 saturated heterocycles. The number of hydrogen-bond acceptors (Lipinski definition) is 5. The average molecular weight is 420 g/mol. The Bertz CT molecular complexity index is 741. The number of nitro benzene ring substituents is 1. The van der Waals surface area contributed by atoms with Gasteiger partial charge in [0.2, 0.25) is 5.82 Å². The minimum atomic E-state index is -1.01. The molecule has 2 aromatic rings.